The highest BCUT2D eigenvalue weighted by molar-refractivity contribution is 5.27. The Morgan fingerprint density at radius 2 is 2.10 bits per heavy atom. The molecule has 1 aromatic carbocycles. The van der Waals surface area contributed by atoms with Gasteiger partial charge in [0, 0.05) is 31.9 Å². The molecule has 108 valence electrons. The second kappa shape index (κ2) is 7.07. The molecular formula is C15H22N4O. The molecule has 2 aromatic rings. The van der Waals surface area contributed by atoms with Crippen LogP contribution in [0.1, 0.15) is 17.8 Å². The Bertz CT molecular complexity index is 521. The first-order chi connectivity index (χ1) is 9.72. The van der Waals surface area contributed by atoms with Crippen LogP contribution >= 0.6 is 0 Å². The molecule has 0 aliphatic rings. The Labute approximate surface area is 119 Å². The van der Waals surface area contributed by atoms with Gasteiger partial charge in [-0.1, -0.05) is 12.1 Å². The molecule has 1 atom stereocenters. The lowest BCUT2D eigenvalue weighted by Crippen LogP contribution is -2.37. The number of ether oxygens (including phenoxy) is 1. The first-order valence-electron chi connectivity index (χ1n) is 6.78. The number of methoxy groups -OCH3 is 1. The molecule has 1 unspecified atom stereocenters. The van der Waals surface area contributed by atoms with Crippen molar-refractivity contribution in [2.45, 2.75) is 25.3 Å². The van der Waals surface area contributed by atoms with Gasteiger partial charge in [0.1, 0.15) is 11.6 Å². The molecule has 0 fully saturated rings. The van der Waals surface area contributed by atoms with E-state index in [1.165, 1.54) is 5.56 Å². The second-order valence-corrected chi connectivity index (χ2v) is 4.91. The maximum absolute atomic E-state index is 5.64. The number of aryl methyl sites for hydroxylation is 2. The van der Waals surface area contributed by atoms with E-state index in [0.29, 0.717) is 0 Å². The summed E-state index contributed by atoms with van der Waals surface area (Å²) in [4.78, 5) is 4.33. The third-order valence-corrected chi connectivity index (χ3v) is 3.53. The molecular weight excluding hydrogens is 252 g/mol. The van der Waals surface area contributed by atoms with Crippen LogP contribution in [0.4, 0.5) is 0 Å². The number of imidazole rings is 1. The quantitative estimate of drug-likeness (QED) is 0.592. The average molecular weight is 274 g/mol. The van der Waals surface area contributed by atoms with E-state index < -0.39 is 0 Å². The number of nitrogens with one attached hydrogen (secondary N) is 1. The molecule has 0 bridgehead atoms. The second-order valence-electron chi connectivity index (χ2n) is 4.91. The number of aromatic nitrogens is 2. The first-order valence-corrected chi connectivity index (χ1v) is 6.78. The smallest absolute Gasteiger partial charge is 0.118 e. The van der Waals surface area contributed by atoms with Crippen LogP contribution in [0.25, 0.3) is 0 Å². The van der Waals surface area contributed by atoms with Gasteiger partial charge in [0.25, 0.3) is 0 Å². The summed E-state index contributed by atoms with van der Waals surface area (Å²) in [6.45, 7) is 0. The highest BCUT2D eigenvalue weighted by Gasteiger charge is 2.11. The highest BCUT2D eigenvalue weighted by Crippen LogP contribution is 2.14. The molecule has 0 aliphatic carbocycles. The SMILES string of the molecule is COc1ccc(CCC(Cc2nccn2C)NN)cc1. The topological polar surface area (TPSA) is 65.1 Å². The van der Waals surface area contributed by atoms with Gasteiger partial charge in [-0.05, 0) is 30.5 Å². The summed E-state index contributed by atoms with van der Waals surface area (Å²) in [7, 11) is 3.68. The fourth-order valence-corrected chi connectivity index (χ4v) is 2.19. The van der Waals surface area contributed by atoms with Crippen molar-refractivity contribution in [1.82, 2.24) is 15.0 Å². The summed E-state index contributed by atoms with van der Waals surface area (Å²) >= 11 is 0. The van der Waals surface area contributed by atoms with E-state index in [0.717, 1.165) is 30.8 Å². The lowest BCUT2D eigenvalue weighted by molar-refractivity contribution is 0.414. The summed E-state index contributed by atoms with van der Waals surface area (Å²) in [5, 5.41) is 0. The van der Waals surface area contributed by atoms with Crippen LogP contribution < -0.4 is 16.0 Å². The van der Waals surface area contributed by atoms with Crippen molar-refractivity contribution in [2.75, 3.05) is 7.11 Å². The zero-order chi connectivity index (χ0) is 14.4. The minimum absolute atomic E-state index is 0.221. The van der Waals surface area contributed by atoms with Gasteiger partial charge < -0.3 is 9.30 Å². The third kappa shape index (κ3) is 3.82. The van der Waals surface area contributed by atoms with E-state index in [-0.39, 0.29) is 6.04 Å². The Hall–Kier alpha value is -1.85. The van der Waals surface area contributed by atoms with Gasteiger partial charge in [0.15, 0.2) is 0 Å². The molecule has 5 nitrogen and oxygen atoms in total. The molecule has 5 heteroatoms. The van der Waals surface area contributed by atoms with Crippen molar-refractivity contribution in [1.29, 1.82) is 0 Å². The fourth-order valence-electron chi connectivity index (χ4n) is 2.19. The largest absolute Gasteiger partial charge is 0.497 e. The Kier molecular flexibility index (Phi) is 5.15. The molecule has 0 radical (unpaired) electrons. The normalized spacial score (nSPS) is 12.3. The van der Waals surface area contributed by atoms with Crippen molar-refractivity contribution >= 4 is 0 Å². The van der Waals surface area contributed by atoms with Crippen LogP contribution in [0.3, 0.4) is 0 Å². The van der Waals surface area contributed by atoms with Crippen molar-refractivity contribution in [3.05, 3.63) is 48.0 Å². The lowest BCUT2D eigenvalue weighted by Gasteiger charge is -2.15. The van der Waals surface area contributed by atoms with Crippen molar-refractivity contribution in [3.8, 4) is 5.75 Å². The standard InChI is InChI=1S/C15H22N4O/c1-19-10-9-17-15(19)11-13(18-16)6-3-12-4-7-14(20-2)8-5-12/h4-5,7-10,13,18H,3,6,11,16H2,1-2H3. The maximum atomic E-state index is 5.64. The van der Waals surface area contributed by atoms with Gasteiger partial charge in [-0.3, -0.25) is 11.3 Å². The number of hydrogen-bond donors (Lipinski definition) is 2. The van der Waals surface area contributed by atoms with Gasteiger partial charge in [-0.15, -0.1) is 0 Å². The zero-order valence-corrected chi connectivity index (χ0v) is 12.0. The predicted octanol–water partition coefficient (Wildman–Crippen LogP) is 1.44. The van der Waals surface area contributed by atoms with E-state index in [1.807, 2.05) is 36.1 Å². The summed E-state index contributed by atoms with van der Waals surface area (Å²) in [6.07, 6.45) is 6.54. The number of rotatable bonds is 7. The van der Waals surface area contributed by atoms with Gasteiger partial charge >= 0.3 is 0 Å². The van der Waals surface area contributed by atoms with E-state index in [1.54, 1.807) is 7.11 Å². The van der Waals surface area contributed by atoms with Crippen LogP contribution in [0.5, 0.6) is 5.75 Å². The molecule has 1 heterocycles. The molecule has 0 amide bonds. The minimum atomic E-state index is 0.221. The third-order valence-electron chi connectivity index (χ3n) is 3.53. The van der Waals surface area contributed by atoms with Gasteiger partial charge in [-0.25, -0.2) is 4.98 Å². The van der Waals surface area contributed by atoms with Crippen LogP contribution in [-0.2, 0) is 19.9 Å². The van der Waals surface area contributed by atoms with E-state index >= 15 is 0 Å². The Morgan fingerprint density at radius 1 is 1.35 bits per heavy atom. The highest BCUT2D eigenvalue weighted by atomic mass is 16.5. The summed E-state index contributed by atoms with van der Waals surface area (Å²) in [5.41, 5.74) is 4.17. The van der Waals surface area contributed by atoms with Crippen LogP contribution in [-0.4, -0.2) is 22.7 Å². The zero-order valence-electron chi connectivity index (χ0n) is 12.0. The van der Waals surface area contributed by atoms with Crippen molar-refractivity contribution in [2.24, 2.45) is 12.9 Å². The van der Waals surface area contributed by atoms with Crippen LogP contribution in [0, 0.1) is 0 Å². The molecule has 0 spiro atoms. The lowest BCUT2D eigenvalue weighted by atomic mass is 10.0. The molecule has 0 saturated carbocycles. The molecule has 1 aromatic heterocycles. The number of hydrogen-bond acceptors (Lipinski definition) is 4. The average Bonchev–Trinajstić information content (AvgIpc) is 2.89. The van der Waals surface area contributed by atoms with Gasteiger partial charge in [0.2, 0.25) is 0 Å². The van der Waals surface area contributed by atoms with Crippen molar-refractivity contribution < 1.29 is 4.74 Å². The summed E-state index contributed by atoms with van der Waals surface area (Å²) in [6, 6.07) is 8.37. The minimum Gasteiger partial charge on any atom is -0.497 e. The Balaban J connectivity index is 1.88. The monoisotopic (exact) mass is 274 g/mol. The fraction of sp³-hybridized carbons (Fsp3) is 0.400. The summed E-state index contributed by atoms with van der Waals surface area (Å²) in [5.74, 6) is 7.57. The number of nitrogens with zero attached hydrogens (tertiary/aromatic N) is 2. The molecule has 20 heavy (non-hydrogen) atoms. The predicted molar refractivity (Wildman–Crippen MR) is 79.3 cm³/mol. The van der Waals surface area contributed by atoms with E-state index in [2.05, 4.69) is 22.5 Å². The number of nitrogens with two attached hydrogens (primary N) is 1. The number of hydrazine groups is 1. The van der Waals surface area contributed by atoms with Gasteiger partial charge in [0.05, 0.1) is 7.11 Å². The molecule has 3 N–H and O–H groups in total. The van der Waals surface area contributed by atoms with Crippen LogP contribution in [0.2, 0.25) is 0 Å². The molecule has 0 saturated heterocycles. The maximum Gasteiger partial charge on any atom is 0.118 e. The molecule has 2 rings (SSSR count). The molecule has 0 aliphatic heterocycles. The van der Waals surface area contributed by atoms with Crippen LogP contribution in [0.15, 0.2) is 36.7 Å². The summed E-state index contributed by atoms with van der Waals surface area (Å²) < 4.78 is 7.18. The first kappa shape index (κ1) is 14.6. The van der Waals surface area contributed by atoms with Gasteiger partial charge in [-0.2, -0.15) is 0 Å². The van der Waals surface area contributed by atoms with E-state index in [9.17, 15) is 0 Å². The Morgan fingerprint density at radius 3 is 2.65 bits per heavy atom. The van der Waals surface area contributed by atoms with Crippen molar-refractivity contribution in [3.63, 3.8) is 0 Å². The van der Waals surface area contributed by atoms with E-state index in [4.69, 9.17) is 10.6 Å². The number of benzene rings is 1.